The number of benzene rings is 4. The second-order valence-electron chi connectivity index (χ2n) is 13.7. The van der Waals surface area contributed by atoms with Crippen molar-refractivity contribution in [1.29, 1.82) is 0 Å². The molecule has 0 heterocycles. The predicted molar refractivity (Wildman–Crippen MR) is 185 cm³/mol. The standard InChI is InChI=1S/C40H48N2O4/c1-39(2,3)33-17-21-35(22-18-33)45-29-37(43)41(27-31-13-9-7-10-14-31)25-26-42(28-32-15-11-8-12-16-32)38(44)30-46-36-23-19-34(20-24-36)40(4,5)6/h7-24H,25-30H2,1-6H3. The number of hydrogen-bond acceptors (Lipinski definition) is 4. The third-order valence-electron chi connectivity index (χ3n) is 7.94. The van der Waals surface area contributed by atoms with Gasteiger partial charge in [-0.05, 0) is 57.3 Å². The fraction of sp³-hybridized carbons (Fsp3) is 0.350. The van der Waals surface area contributed by atoms with Gasteiger partial charge in [0.1, 0.15) is 11.5 Å². The van der Waals surface area contributed by atoms with Gasteiger partial charge in [0.2, 0.25) is 0 Å². The van der Waals surface area contributed by atoms with Crippen molar-refractivity contribution in [1.82, 2.24) is 9.80 Å². The third-order valence-corrected chi connectivity index (χ3v) is 7.94. The monoisotopic (exact) mass is 620 g/mol. The molecular formula is C40H48N2O4. The summed E-state index contributed by atoms with van der Waals surface area (Å²) in [6.07, 6.45) is 0. The van der Waals surface area contributed by atoms with E-state index in [1.165, 1.54) is 11.1 Å². The van der Waals surface area contributed by atoms with Gasteiger partial charge in [0.15, 0.2) is 13.2 Å². The minimum absolute atomic E-state index is 0.0335. The van der Waals surface area contributed by atoms with Crippen LogP contribution in [0.1, 0.15) is 63.8 Å². The number of nitrogens with zero attached hydrogens (tertiary/aromatic N) is 2. The van der Waals surface area contributed by atoms with Crippen LogP contribution in [0.4, 0.5) is 0 Å². The Kier molecular flexibility index (Phi) is 11.6. The first-order valence-electron chi connectivity index (χ1n) is 16.0. The number of rotatable bonds is 13. The van der Waals surface area contributed by atoms with Gasteiger partial charge in [-0.1, -0.05) is 126 Å². The lowest BCUT2D eigenvalue weighted by atomic mass is 9.87. The van der Waals surface area contributed by atoms with Gasteiger partial charge in [-0.2, -0.15) is 0 Å². The topological polar surface area (TPSA) is 59.1 Å². The third kappa shape index (κ3) is 10.5. The molecule has 0 aliphatic carbocycles. The van der Waals surface area contributed by atoms with E-state index in [9.17, 15) is 9.59 Å². The van der Waals surface area contributed by atoms with Gasteiger partial charge in [-0.25, -0.2) is 0 Å². The summed E-state index contributed by atoms with van der Waals surface area (Å²) >= 11 is 0. The van der Waals surface area contributed by atoms with E-state index in [4.69, 9.17) is 9.47 Å². The fourth-order valence-corrected chi connectivity index (χ4v) is 5.01. The summed E-state index contributed by atoms with van der Waals surface area (Å²) in [6, 6.07) is 35.5. The lowest BCUT2D eigenvalue weighted by molar-refractivity contribution is -0.138. The molecule has 0 fully saturated rings. The van der Waals surface area contributed by atoms with Crippen molar-refractivity contribution in [2.45, 2.75) is 65.5 Å². The Morgan fingerprint density at radius 2 is 0.826 bits per heavy atom. The summed E-state index contributed by atoms with van der Waals surface area (Å²) < 4.78 is 11.9. The summed E-state index contributed by atoms with van der Waals surface area (Å²) in [5.74, 6) is 1.00. The zero-order valence-corrected chi connectivity index (χ0v) is 28.2. The van der Waals surface area contributed by atoms with E-state index in [1.807, 2.05) is 109 Å². The molecule has 0 unspecified atom stereocenters. The van der Waals surface area contributed by atoms with Crippen LogP contribution in [0.3, 0.4) is 0 Å². The van der Waals surface area contributed by atoms with Gasteiger partial charge < -0.3 is 19.3 Å². The van der Waals surface area contributed by atoms with Crippen molar-refractivity contribution < 1.29 is 19.1 Å². The number of hydrogen-bond donors (Lipinski definition) is 0. The summed E-state index contributed by atoms with van der Waals surface area (Å²) in [7, 11) is 0. The first kappa shape index (κ1) is 34.3. The molecule has 4 rings (SSSR count). The van der Waals surface area contributed by atoms with Gasteiger partial charge in [0.25, 0.3) is 11.8 Å². The number of ether oxygens (including phenoxy) is 2. The van der Waals surface area contributed by atoms with Crippen LogP contribution < -0.4 is 9.47 Å². The maximum atomic E-state index is 13.6. The predicted octanol–water partition coefficient (Wildman–Crippen LogP) is 7.80. The van der Waals surface area contributed by atoms with Crippen molar-refractivity contribution in [2.24, 2.45) is 0 Å². The Morgan fingerprint density at radius 3 is 1.13 bits per heavy atom. The number of amides is 2. The van der Waals surface area contributed by atoms with Crippen molar-refractivity contribution in [3.05, 3.63) is 131 Å². The molecular weight excluding hydrogens is 572 g/mol. The molecule has 0 N–H and O–H groups in total. The Labute approximate surface area is 275 Å². The van der Waals surface area contributed by atoms with Crippen LogP contribution in [-0.4, -0.2) is 47.9 Å². The lowest BCUT2D eigenvalue weighted by Gasteiger charge is -2.28. The molecule has 0 radical (unpaired) electrons. The number of carbonyl (C=O) groups is 2. The molecule has 4 aromatic rings. The fourth-order valence-electron chi connectivity index (χ4n) is 5.01. The first-order valence-corrected chi connectivity index (χ1v) is 16.0. The van der Waals surface area contributed by atoms with Crippen LogP contribution in [0.15, 0.2) is 109 Å². The molecule has 0 saturated carbocycles. The molecule has 0 bridgehead atoms. The Morgan fingerprint density at radius 1 is 0.500 bits per heavy atom. The molecule has 242 valence electrons. The van der Waals surface area contributed by atoms with Gasteiger partial charge in [-0.15, -0.1) is 0 Å². The molecule has 0 aliphatic rings. The van der Waals surface area contributed by atoms with E-state index in [1.54, 1.807) is 9.80 Å². The van der Waals surface area contributed by atoms with E-state index in [-0.39, 0.29) is 35.9 Å². The number of carbonyl (C=O) groups excluding carboxylic acids is 2. The maximum Gasteiger partial charge on any atom is 0.260 e. The first-order chi connectivity index (χ1) is 21.9. The molecule has 0 aromatic heterocycles. The second-order valence-corrected chi connectivity index (χ2v) is 13.7. The molecule has 6 nitrogen and oxygen atoms in total. The van der Waals surface area contributed by atoms with E-state index in [2.05, 4.69) is 41.5 Å². The van der Waals surface area contributed by atoms with Gasteiger partial charge in [0, 0.05) is 26.2 Å². The van der Waals surface area contributed by atoms with Crippen molar-refractivity contribution in [3.8, 4) is 11.5 Å². The minimum Gasteiger partial charge on any atom is -0.484 e. The highest BCUT2D eigenvalue weighted by Crippen LogP contribution is 2.25. The Hall–Kier alpha value is -4.58. The molecule has 0 saturated heterocycles. The molecule has 0 atom stereocenters. The SMILES string of the molecule is CC(C)(C)c1ccc(OCC(=O)N(CCN(Cc2ccccc2)C(=O)COc2ccc(C(C)(C)C)cc2)Cc2ccccc2)cc1. The minimum atomic E-state index is -0.147. The van der Waals surface area contributed by atoms with E-state index >= 15 is 0 Å². The van der Waals surface area contributed by atoms with Crippen molar-refractivity contribution >= 4 is 11.8 Å². The molecule has 4 aromatic carbocycles. The highest BCUT2D eigenvalue weighted by atomic mass is 16.5. The largest absolute Gasteiger partial charge is 0.484 e. The average molecular weight is 621 g/mol. The second kappa shape index (κ2) is 15.6. The molecule has 46 heavy (non-hydrogen) atoms. The molecule has 6 heteroatoms. The smallest absolute Gasteiger partial charge is 0.260 e. The maximum absolute atomic E-state index is 13.6. The molecule has 0 aliphatic heterocycles. The normalized spacial score (nSPS) is 11.5. The Bertz CT molecular complexity index is 1400. The van der Waals surface area contributed by atoms with Crippen LogP contribution in [0.2, 0.25) is 0 Å². The van der Waals surface area contributed by atoms with Crippen molar-refractivity contribution in [2.75, 3.05) is 26.3 Å². The molecule has 0 spiro atoms. The van der Waals surface area contributed by atoms with E-state index < -0.39 is 0 Å². The summed E-state index contributed by atoms with van der Waals surface area (Å²) in [4.78, 5) is 30.7. The lowest BCUT2D eigenvalue weighted by Crippen LogP contribution is -2.43. The van der Waals surface area contributed by atoms with Crippen LogP contribution >= 0.6 is 0 Å². The van der Waals surface area contributed by atoms with Crippen LogP contribution in [0, 0.1) is 0 Å². The van der Waals surface area contributed by atoms with Gasteiger partial charge in [-0.3, -0.25) is 9.59 Å². The van der Waals surface area contributed by atoms with Gasteiger partial charge in [0.05, 0.1) is 0 Å². The zero-order valence-electron chi connectivity index (χ0n) is 28.2. The van der Waals surface area contributed by atoms with Crippen LogP contribution in [-0.2, 0) is 33.5 Å². The van der Waals surface area contributed by atoms with E-state index in [0.29, 0.717) is 37.7 Å². The molecule has 2 amide bonds. The Balaban J connectivity index is 1.45. The van der Waals surface area contributed by atoms with Crippen molar-refractivity contribution in [3.63, 3.8) is 0 Å². The summed E-state index contributed by atoms with van der Waals surface area (Å²) in [5.41, 5.74) is 4.48. The quantitative estimate of drug-likeness (QED) is 0.153. The van der Waals surface area contributed by atoms with Crippen LogP contribution in [0.25, 0.3) is 0 Å². The van der Waals surface area contributed by atoms with Crippen LogP contribution in [0.5, 0.6) is 11.5 Å². The highest BCUT2D eigenvalue weighted by molar-refractivity contribution is 5.79. The average Bonchev–Trinajstić information content (AvgIpc) is 3.04. The summed E-state index contributed by atoms with van der Waals surface area (Å²) in [6.45, 7) is 14.3. The zero-order chi connectivity index (χ0) is 33.2. The van der Waals surface area contributed by atoms with Gasteiger partial charge >= 0.3 is 0 Å². The highest BCUT2D eigenvalue weighted by Gasteiger charge is 2.21. The van der Waals surface area contributed by atoms with E-state index in [0.717, 1.165) is 11.1 Å². The summed E-state index contributed by atoms with van der Waals surface area (Å²) in [5, 5.41) is 0.